The second kappa shape index (κ2) is 10.7. The van der Waals surface area contributed by atoms with Gasteiger partial charge < -0.3 is 15.0 Å². The zero-order chi connectivity index (χ0) is 23.2. The fraction of sp³-hybridized carbons (Fsp3) is 0.393. The SMILES string of the molecule is CCCCCCCNC(=O)Oc1ccc2c(c1)CN(C)C(c1cccc3ccccc13)N2C. The molecule has 4 rings (SSSR count). The van der Waals surface area contributed by atoms with E-state index in [1.807, 2.05) is 12.1 Å². The Bertz CT molecular complexity index is 1090. The highest BCUT2D eigenvalue weighted by Gasteiger charge is 2.30. The van der Waals surface area contributed by atoms with Crippen LogP contribution in [-0.2, 0) is 6.54 Å². The van der Waals surface area contributed by atoms with Gasteiger partial charge in [-0.1, -0.05) is 75.1 Å². The Balaban J connectivity index is 1.44. The Morgan fingerprint density at radius 2 is 1.79 bits per heavy atom. The molecule has 33 heavy (non-hydrogen) atoms. The fourth-order valence-electron chi connectivity index (χ4n) is 4.86. The van der Waals surface area contributed by atoms with Gasteiger partial charge >= 0.3 is 6.09 Å². The zero-order valence-electron chi connectivity index (χ0n) is 20.0. The third-order valence-corrected chi connectivity index (χ3v) is 6.50. The van der Waals surface area contributed by atoms with Crippen molar-refractivity contribution in [3.05, 3.63) is 71.8 Å². The molecule has 0 bridgehead atoms. The van der Waals surface area contributed by atoms with Gasteiger partial charge in [0.2, 0.25) is 0 Å². The summed E-state index contributed by atoms with van der Waals surface area (Å²) >= 11 is 0. The first-order chi connectivity index (χ1) is 16.1. The molecule has 0 saturated heterocycles. The molecule has 1 N–H and O–H groups in total. The van der Waals surface area contributed by atoms with Gasteiger partial charge in [-0.05, 0) is 53.6 Å². The third-order valence-electron chi connectivity index (χ3n) is 6.50. The number of carbonyl (C=O) groups is 1. The van der Waals surface area contributed by atoms with Crippen LogP contribution in [0.5, 0.6) is 5.75 Å². The molecule has 5 heteroatoms. The highest BCUT2D eigenvalue weighted by Crippen LogP contribution is 2.40. The lowest BCUT2D eigenvalue weighted by atomic mass is 9.98. The molecular formula is C28H35N3O2. The highest BCUT2D eigenvalue weighted by atomic mass is 16.6. The van der Waals surface area contributed by atoms with Crippen LogP contribution in [0.1, 0.15) is 56.3 Å². The molecule has 3 aromatic rings. The molecule has 0 radical (unpaired) electrons. The summed E-state index contributed by atoms with van der Waals surface area (Å²) in [4.78, 5) is 16.8. The smallest absolute Gasteiger partial charge is 0.410 e. The van der Waals surface area contributed by atoms with Gasteiger partial charge in [0, 0.05) is 25.8 Å². The topological polar surface area (TPSA) is 44.8 Å². The van der Waals surface area contributed by atoms with Crippen molar-refractivity contribution in [1.82, 2.24) is 10.2 Å². The van der Waals surface area contributed by atoms with Gasteiger partial charge in [-0.15, -0.1) is 0 Å². The predicted octanol–water partition coefficient (Wildman–Crippen LogP) is 6.48. The van der Waals surface area contributed by atoms with Crippen LogP contribution >= 0.6 is 0 Å². The van der Waals surface area contributed by atoms with Crippen molar-refractivity contribution in [2.75, 3.05) is 25.5 Å². The van der Waals surface area contributed by atoms with Crippen LogP contribution in [0.25, 0.3) is 10.8 Å². The molecule has 0 fully saturated rings. The van der Waals surface area contributed by atoms with Crippen molar-refractivity contribution in [1.29, 1.82) is 0 Å². The van der Waals surface area contributed by atoms with E-state index in [0.29, 0.717) is 12.3 Å². The monoisotopic (exact) mass is 445 g/mol. The van der Waals surface area contributed by atoms with Crippen LogP contribution < -0.4 is 15.0 Å². The number of carbonyl (C=O) groups excluding carboxylic acids is 1. The van der Waals surface area contributed by atoms with E-state index in [2.05, 4.69) is 84.7 Å². The molecule has 5 nitrogen and oxygen atoms in total. The molecule has 1 atom stereocenters. The molecule has 1 aliphatic rings. The van der Waals surface area contributed by atoms with E-state index in [9.17, 15) is 4.79 Å². The molecular weight excluding hydrogens is 410 g/mol. The second-order valence-electron chi connectivity index (χ2n) is 8.99. The van der Waals surface area contributed by atoms with E-state index < -0.39 is 0 Å². The second-order valence-corrected chi connectivity index (χ2v) is 8.99. The van der Waals surface area contributed by atoms with Crippen molar-refractivity contribution in [3.8, 4) is 5.75 Å². The van der Waals surface area contributed by atoms with E-state index in [-0.39, 0.29) is 12.3 Å². The Morgan fingerprint density at radius 1 is 1.00 bits per heavy atom. The molecule has 1 amide bonds. The lowest BCUT2D eigenvalue weighted by Crippen LogP contribution is -2.41. The number of unbranched alkanes of at least 4 members (excludes halogenated alkanes) is 4. The van der Waals surface area contributed by atoms with Gasteiger partial charge in [-0.25, -0.2) is 4.79 Å². The molecule has 174 valence electrons. The van der Waals surface area contributed by atoms with Crippen LogP contribution in [0.2, 0.25) is 0 Å². The summed E-state index contributed by atoms with van der Waals surface area (Å²) in [6.45, 7) is 3.64. The molecule has 1 heterocycles. The third kappa shape index (κ3) is 5.31. The maximum atomic E-state index is 12.2. The Hall–Kier alpha value is -3.05. The van der Waals surface area contributed by atoms with E-state index >= 15 is 0 Å². The maximum absolute atomic E-state index is 12.2. The number of rotatable bonds is 8. The average Bonchev–Trinajstić information content (AvgIpc) is 2.81. The van der Waals surface area contributed by atoms with Crippen molar-refractivity contribution in [3.63, 3.8) is 0 Å². The van der Waals surface area contributed by atoms with Crippen LogP contribution in [-0.4, -0.2) is 31.6 Å². The van der Waals surface area contributed by atoms with Crippen molar-refractivity contribution in [2.45, 2.75) is 51.7 Å². The predicted molar refractivity (Wildman–Crippen MR) is 136 cm³/mol. The number of nitrogens with one attached hydrogen (secondary N) is 1. The number of ether oxygens (including phenoxy) is 1. The van der Waals surface area contributed by atoms with Gasteiger partial charge in [0.15, 0.2) is 0 Å². The van der Waals surface area contributed by atoms with Crippen LogP contribution in [0, 0.1) is 0 Å². The number of fused-ring (bicyclic) bond motifs is 2. The van der Waals surface area contributed by atoms with E-state index in [1.54, 1.807) is 0 Å². The number of amides is 1. The minimum absolute atomic E-state index is 0.131. The summed E-state index contributed by atoms with van der Waals surface area (Å²) in [5, 5.41) is 5.40. The van der Waals surface area contributed by atoms with Crippen LogP contribution in [0.3, 0.4) is 0 Å². The molecule has 1 aliphatic heterocycles. The molecule has 1 unspecified atom stereocenters. The minimum atomic E-state index is -0.378. The summed E-state index contributed by atoms with van der Waals surface area (Å²) in [7, 11) is 4.28. The largest absolute Gasteiger partial charge is 0.412 e. The molecule has 3 aromatic carbocycles. The summed E-state index contributed by atoms with van der Waals surface area (Å²) in [6.07, 6.45) is 5.58. The standard InChI is InChI=1S/C28H35N3O2/c1-4-5-6-7-10-18-29-28(32)33-23-16-17-26-22(19-23)20-30(2)27(31(26)3)25-15-11-13-21-12-8-9-14-24(21)25/h8-9,11-17,19,27H,4-7,10,18,20H2,1-3H3,(H,29,32). The molecule has 0 spiro atoms. The summed E-state index contributed by atoms with van der Waals surface area (Å²) in [6, 6.07) is 21.0. The average molecular weight is 446 g/mol. The molecule has 0 aliphatic carbocycles. The van der Waals surface area contributed by atoms with Gasteiger partial charge in [-0.3, -0.25) is 4.90 Å². The van der Waals surface area contributed by atoms with Crippen molar-refractivity contribution in [2.24, 2.45) is 0 Å². The Kier molecular flexibility index (Phi) is 7.50. The fourth-order valence-corrected chi connectivity index (χ4v) is 4.86. The summed E-state index contributed by atoms with van der Waals surface area (Å²) in [5.74, 6) is 0.586. The first-order valence-electron chi connectivity index (χ1n) is 12.1. The van der Waals surface area contributed by atoms with Crippen molar-refractivity contribution < 1.29 is 9.53 Å². The van der Waals surface area contributed by atoms with Crippen LogP contribution in [0.15, 0.2) is 60.7 Å². The quantitative estimate of drug-likeness (QED) is 0.403. The molecule has 0 saturated carbocycles. The maximum Gasteiger partial charge on any atom is 0.412 e. The number of benzene rings is 3. The number of nitrogens with zero attached hydrogens (tertiary/aromatic N) is 2. The van der Waals surface area contributed by atoms with Gasteiger partial charge in [0.25, 0.3) is 0 Å². The lowest BCUT2D eigenvalue weighted by Gasteiger charge is -2.43. The first kappa shape index (κ1) is 23.1. The number of hydrogen-bond acceptors (Lipinski definition) is 4. The van der Waals surface area contributed by atoms with Gasteiger partial charge in [-0.2, -0.15) is 0 Å². The highest BCUT2D eigenvalue weighted by molar-refractivity contribution is 5.86. The van der Waals surface area contributed by atoms with Gasteiger partial charge in [0.05, 0.1) is 0 Å². The van der Waals surface area contributed by atoms with Crippen molar-refractivity contribution >= 4 is 22.6 Å². The summed E-state index contributed by atoms with van der Waals surface area (Å²) < 4.78 is 5.56. The normalized spacial score (nSPS) is 16.0. The number of anilines is 1. The van der Waals surface area contributed by atoms with E-state index in [1.165, 1.54) is 35.6 Å². The van der Waals surface area contributed by atoms with E-state index in [0.717, 1.165) is 30.6 Å². The van der Waals surface area contributed by atoms with E-state index in [4.69, 9.17) is 4.74 Å². The van der Waals surface area contributed by atoms with Crippen LogP contribution in [0.4, 0.5) is 10.5 Å². The van der Waals surface area contributed by atoms with Gasteiger partial charge in [0.1, 0.15) is 11.9 Å². The minimum Gasteiger partial charge on any atom is -0.410 e. The Morgan fingerprint density at radius 3 is 2.64 bits per heavy atom. The zero-order valence-corrected chi connectivity index (χ0v) is 20.0. The molecule has 0 aromatic heterocycles. The Labute approximate surface area is 197 Å². The lowest BCUT2D eigenvalue weighted by molar-refractivity contribution is 0.199. The number of hydrogen-bond donors (Lipinski definition) is 1. The first-order valence-corrected chi connectivity index (χ1v) is 12.1. The summed E-state index contributed by atoms with van der Waals surface area (Å²) in [5.41, 5.74) is 3.61.